The highest BCUT2D eigenvalue weighted by molar-refractivity contribution is 7.80. The summed E-state index contributed by atoms with van der Waals surface area (Å²) in [7, 11) is 0. The molecule has 0 saturated carbocycles. The molecule has 4 rings (SSSR count). The largest absolute Gasteiger partial charge is 0.488 e. The molecule has 3 aromatic rings. The molecule has 160 valence electrons. The molecule has 1 heterocycles. The maximum atomic E-state index is 13.9. The molecular formula is C24H16ClFN2O3S. The fourth-order valence-electron chi connectivity index (χ4n) is 3.16. The van der Waals surface area contributed by atoms with Crippen LogP contribution < -0.4 is 15.0 Å². The predicted molar refractivity (Wildman–Crippen MR) is 125 cm³/mol. The lowest BCUT2D eigenvalue weighted by molar-refractivity contribution is -0.122. The highest BCUT2D eigenvalue weighted by Gasteiger charge is 2.34. The van der Waals surface area contributed by atoms with Gasteiger partial charge in [-0.25, -0.2) is 4.39 Å². The smallest absolute Gasteiger partial charge is 0.270 e. The van der Waals surface area contributed by atoms with Crippen LogP contribution in [0.1, 0.15) is 11.1 Å². The Balaban J connectivity index is 1.68. The number of carbonyl (C=O) groups excluding carboxylic acids is 2. The SMILES string of the molecule is O=C1NC(=S)N(c2ccccc2)C(=O)/C1=C/c1cc(Cl)ccc1OCc1ccccc1F. The number of para-hydroxylation sites is 1. The van der Waals surface area contributed by atoms with Crippen molar-refractivity contribution in [3.63, 3.8) is 0 Å². The van der Waals surface area contributed by atoms with E-state index in [1.807, 2.05) is 6.07 Å². The van der Waals surface area contributed by atoms with Gasteiger partial charge in [-0.3, -0.25) is 19.8 Å². The van der Waals surface area contributed by atoms with Crippen molar-refractivity contribution in [1.29, 1.82) is 0 Å². The molecule has 0 aromatic heterocycles. The van der Waals surface area contributed by atoms with Crippen molar-refractivity contribution < 1.29 is 18.7 Å². The number of ether oxygens (including phenoxy) is 1. The second-order valence-corrected chi connectivity index (χ2v) is 7.68. The molecule has 32 heavy (non-hydrogen) atoms. The molecule has 0 unspecified atom stereocenters. The molecule has 0 aliphatic carbocycles. The predicted octanol–water partition coefficient (Wildman–Crippen LogP) is 4.89. The fraction of sp³-hybridized carbons (Fsp3) is 0.0417. The van der Waals surface area contributed by atoms with Gasteiger partial charge in [-0.15, -0.1) is 0 Å². The number of nitrogens with one attached hydrogen (secondary N) is 1. The van der Waals surface area contributed by atoms with Crippen LogP contribution in [0.3, 0.4) is 0 Å². The zero-order valence-corrected chi connectivity index (χ0v) is 18.1. The molecule has 5 nitrogen and oxygen atoms in total. The van der Waals surface area contributed by atoms with Crippen LogP contribution in [-0.2, 0) is 16.2 Å². The van der Waals surface area contributed by atoms with Gasteiger partial charge in [0.2, 0.25) is 0 Å². The summed E-state index contributed by atoms with van der Waals surface area (Å²) in [5, 5.41) is 2.91. The number of rotatable bonds is 5. The van der Waals surface area contributed by atoms with E-state index in [-0.39, 0.29) is 17.3 Å². The van der Waals surface area contributed by atoms with Crippen molar-refractivity contribution in [2.24, 2.45) is 0 Å². The summed E-state index contributed by atoms with van der Waals surface area (Å²) in [5.41, 5.74) is 1.15. The van der Waals surface area contributed by atoms with Crippen LogP contribution in [0.2, 0.25) is 5.02 Å². The molecule has 1 saturated heterocycles. The average molecular weight is 467 g/mol. The Kier molecular flexibility index (Phi) is 6.30. The van der Waals surface area contributed by atoms with Gasteiger partial charge in [-0.05, 0) is 54.7 Å². The Morgan fingerprint density at radius 1 is 1.03 bits per heavy atom. The van der Waals surface area contributed by atoms with Crippen LogP contribution >= 0.6 is 23.8 Å². The minimum absolute atomic E-state index is 0.00882. The van der Waals surface area contributed by atoms with Gasteiger partial charge >= 0.3 is 0 Å². The topological polar surface area (TPSA) is 58.6 Å². The normalized spacial score (nSPS) is 15.1. The van der Waals surface area contributed by atoms with Gasteiger partial charge in [-0.2, -0.15) is 0 Å². The Hall–Kier alpha value is -3.55. The van der Waals surface area contributed by atoms with Gasteiger partial charge in [0.05, 0.1) is 5.69 Å². The van der Waals surface area contributed by atoms with Crippen molar-refractivity contribution in [2.45, 2.75) is 6.61 Å². The highest BCUT2D eigenvalue weighted by Crippen LogP contribution is 2.28. The zero-order chi connectivity index (χ0) is 22.7. The summed E-state index contributed by atoms with van der Waals surface area (Å²) in [6.45, 7) is -0.0369. The van der Waals surface area contributed by atoms with Crippen LogP contribution in [0, 0.1) is 5.82 Å². The van der Waals surface area contributed by atoms with Crippen LogP contribution in [0.5, 0.6) is 5.75 Å². The standard InChI is InChI=1S/C24H16ClFN2O3S/c25-17-10-11-21(31-14-15-6-4-5-9-20(15)26)16(12-17)13-19-22(29)27-24(32)28(23(19)30)18-7-2-1-3-8-18/h1-13H,14H2,(H,27,29,32)/b19-13+. The van der Waals surface area contributed by atoms with E-state index in [0.717, 1.165) is 0 Å². The first-order valence-electron chi connectivity index (χ1n) is 9.56. The monoisotopic (exact) mass is 466 g/mol. The summed E-state index contributed by atoms with van der Waals surface area (Å²) < 4.78 is 19.7. The third-order valence-corrected chi connectivity index (χ3v) is 5.25. The van der Waals surface area contributed by atoms with Gasteiger partial charge in [0, 0.05) is 16.1 Å². The van der Waals surface area contributed by atoms with Crippen molar-refractivity contribution in [1.82, 2.24) is 5.32 Å². The zero-order valence-electron chi connectivity index (χ0n) is 16.5. The first kappa shape index (κ1) is 21.7. The molecule has 0 bridgehead atoms. The summed E-state index contributed by atoms with van der Waals surface area (Å²) in [5.74, 6) is -1.27. The fourth-order valence-corrected chi connectivity index (χ4v) is 3.62. The minimum atomic E-state index is -0.632. The maximum Gasteiger partial charge on any atom is 0.270 e. The number of hydrogen-bond donors (Lipinski definition) is 1. The minimum Gasteiger partial charge on any atom is -0.488 e. The molecule has 8 heteroatoms. The second-order valence-electron chi connectivity index (χ2n) is 6.86. The molecular weight excluding hydrogens is 451 g/mol. The number of halogens is 2. The third-order valence-electron chi connectivity index (χ3n) is 4.73. The number of hydrogen-bond acceptors (Lipinski definition) is 4. The van der Waals surface area contributed by atoms with E-state index in [1.54, 1.807) is 60.7 Å². The van der Waals surface area contributed by atoms with Gasteiger partial charge in [0.15, 0.2) is 5.11 Å². The lowest BCUT2D eigenvalue weighted by Gasteiger charge is -2.29. The number of thiocarbonyl (C=S) groups is 1. The van der Waals surface area contributed by atoms with E-state index in [1.165, 1.54) is 17.0 Å². The summed E-state index contributed by atoms with van der Waals surface area (Å²) in [6, 6.07) is 19.8. The Morgan fingerprint density at radius 2 is 1.75 bits per heavy atom. The second kappa shape index (κ2) is 9.30. The van der Waals surface area contributed by atoms with Gasteiger partial charge in [0.1, 0.15) is 23.7 Å². The molecule has 1 aliphatic heterocycles. The van der Waals surface area contributed by atoms with E-state index in [4.69, 9.17) is 28.6 Å². The van der Waals surface area contributed by atoms with Crippen LogP contribution in [0.25, 0.3) is 6.08 Å². The molecule has 0 radical (unpaired) electrons. The van der Waals surface area contributed by atoms with E-state index in [9.17, 15) is 14.0 Å². The van der Waals surface area contributed by atoms with Crippen LogP contribution in [0.4, 0.5) is 10.1 Å². The average Bonchev–Trinajstić information content (AvgIpc) is 2.77. The summed E-state index contributed by atoms with van der Waals surface area (Å²) >= 11 is 11.3. The van der Waals surface area contributed by atoms with Crippen molar-refractivity contribution >= 4 is 52.5 Å². The van der Waals surface area contributed by atoms with E-state index >= 15 is 0 Å². The summed E-state index contributed by atoms with van der Waals surface area (Å²) in [4.78, 5) is 27.0. The number of amides is 2. The summed E-state index contributed by atoms with van der Waals surface area (Å²) in [6.07, 6.45) is 1.39. The number of nitrogens with zero attached hydrogens (tertiary/aromatic N) is 1. The van der Waals surface area contributed by atoms with E-state index in [0.29, 0.717) is 27.6 Å². The number of carbonyl (C=O) groups is 2. The lowest BCUT2D eigenvalue weighted by Crippen LogP contribution is -2.54. The van der Waals surface area contributed by atoms with Gasteiger partial charge in [-0.1, -0.05) is 48.0 Å². The quantitative estimate of drug-likeness (QED) is 0.330. The van der Waals surface area contributed by atoms with Crippen LogP contribution in [0.15, 0.2) is 78.4 Å². The highest BCUT2D eigenvalue weighted by atomic mass is 35.5. The Labute approximate surface area is 194 Å². The molecule has 1 aliphatic rings. The number of anilines is 1. The van der Waals surface area contributed by atoms with Gasteiger partial charge in [0.25, 0.3) is 11.8 Å². The van der Waals surface area contributed by atoms with E-state index < -0.39 is 17.6 Å². The Bertz CT molecular complexity index is 1250. The molecule has 1 N–H and O–H groups in total. The van der Waals surface area contributed by atoms with E-state index in [2.05, 4.69) is 5.32 Å². The molecule has 0 spiro atoms. The molecule has 0 atom stereocenters. The van der Waals surface area contributed by atoms with Gasteiger partial charge < -0.3 is 4.74 Å². The third kappa shape index (κ3) is 4.54. The molecule has 3 aromatic carbocycles. The van der Waals surface area contributed by atoms with Crippen molar-refractivity contribution in [3.05, 3.63) is 100 Å². The first-order valence-corrected chi connectivity index (χ1v) is 10.3. The van der Waals surface area contributed by atoms with Crippen molar-refractivity contribution in [3.8, 4) is 5.75 Å². The van der Waals surface area contributed by atoms with Crippen molar-refractivity contribution in [2.75, 3.05) is 4.90 Å². The lowest BCUT2D eigenvalue weighted by atomic mass is 10.1. The first-order chi connectivity index (χ1) is 15.4. The molecule has 2 amide bonds. The molecule has 1 fully saturated rings. The van der Waals surface area contributed by atoms with Crippen LogP contribution in [-0.4, -0.2) is 16.9 Å². The Morgan fingerprint density at radius 3 is 2.50 bits per heavy atom. The number of benzene rings is 3. The maximum absolute atomic E-state index is 13.9.